The van der Waals surface area contributed by atoms with Gasteiger partial charge in [-0.3, -0.25) is 37.3 Å². The van der Waals surface area contributed by atoms with Crippen LogP contribution in [-0.4, -0.2) is 96.7 Å². The number of hydrogen-bond donors (Lipinski definition) is 3. The highest BCUT2D eigenvalue weighted by Crippen LogP contribution is 2.45. The Kier molecular flexibility index (Phi) is 71.8. The number of carbonyl (C=O) groups is 4. The first-order valence-electron chi connectivity index (χ1n) is 42.8. The quantitative estimate of drug-likeness (QED) is 0.0222. The number of esters is 4. The number of ether oxygens (including phenoxy) is 4. The minimum absolute atomic E-state index is 0.107. The molecule has 606 valence electrons. The lowest BCUT2D eigenvalue weighted by molar-refractivity contribution is -0.161. The SMILES string of the molecule is CCCCCCCCCCCCC(=O)OC[C@H](COP(=O)(O)OC[C@H](O)COP(=O)(O)OC[C@@H](COC(=O)CCCCCCCCCCCCCCCCCC(C)C)OC(=O)CCCCCCCCCCCCCCCCCC(C)C)OC(=O)CCCCCCCCCCCCCCCC(C)C. The van der Waals surface area contributed by atoms with E-state index in [4.69, 9.17) is 37.0 Å². The zero-order valence-corrected chi connectivity index (χ0v) is 68.9. The van der Waals surface area contributed by atoms with Gasteiger partial charge in [-0.25, -0.2) is 9.13 Å². The summed E-state index contributed by atoms with van der Waals surface area (Å²) in [5, 5.41) is 10.7. The Bertz CT molecular complexity index is 1970. The van der Waals surface area contributed by atoms with E-state index in [0.29, 0.717) is 25.7 Å². The minimum atomic E-state index is -4.96. The van der Waals surface area contributed by atoms with Crippen molar-refractivity contribution in [1.82, 2.24) is 0 Å². The second-order valence-corrected chi connectivity index (χ2v) is 34.2. The Morgan fingerprint density at radius 3 is 0.667 bits per heavy atom. The largest absolute Gasteiger partial charge is 0.472 e. The summed E-state index contributed by atoms with van der Waals surface area (Å²) in [4.78, 5) is 73.1. The van der Waals surface area contributed by atoms with Crippen LogP contribution in [0.15, 0.2) is 0 Å². The summed E-state index contributed by atoms with van der Waals surface area (Å²) in [5.74, 6) is 0.288. The van der Waals surface area contributed by atoms with Gasteiger partial charge < -0.3 is 33.8 Å². The second kappa shape index (κ2) is 73.2. The van der Waals surface area contributed by atoms with Crippen LogP contribution in [0.5, 0.6) is 0 Å². The van der Waals surface area contributed by atoms with Crippen molar-refractivity contribution in [1.29, 1.82) is 0 Å². The van der Waals surface area contributed by atoms with E-state index in [0.717, 1.165) is 108 Å². The zero-order chi connectivity index (χ0) is 75.1. The molecule has 0 amide bonds. The average molecular weight is 1490 g/mol. The lowest BCUT2D eigenvalue weighted by Gasteiger charge is -2.21. The van der Waals surface area contributed by atoms with Crippen molar-refractivity contribution >= 4 is 39.5 Å². The number of phosphoric acid groups is 2. The van der Waals surface area contributed by atoms with Gasteiger partial charge in [0.25, 0.3) is 0 Å². The predicted octanol–water partition coefficient (Wildman–Crippen LogP) is 24.9. The fourth-order valence-electron chi connectivity index (χ4n) is 12.8. The molecule has 17 nitrogen and oxygen atoms in total. The van der Waals surface area contributed by atoms with Gasteiger partial charge in [-0.1, -0.05) is 382 Å². The number of carbonyl (C=O) groups excluding carboxylic acids is 4. The van der Waals surface area contributed by atoms with Crippen molar-refractivity contribution < 1.29 is 80.2 Å². The van der Waals surface area contributed by atoms with Crippen LogP contribution in [-0.2, 0) is 65.4 Å². The number of hydrogen-bond acceptors (Lipinski definition) is 15. The van der Waals surface area contributed by atoms with E-state index >= 15 is 0 Å². The highest BCUT2D eigenvalue weighted by Gasteiger charge is 2.30. The van der Waals surface area contributed by atoms with E-state index in [2.05, 4.69) is 48.5 Å². The summed E-state index contributed by atoms with van der Waals surface area (Å²) >= 11 is 0. The molecule has 102 heavy (non-hydrogen) atoms. The van der Waals surface area contributed by atoms with Crippen LogP contribution in [0.1, 0.15) is 434 Å². The van der Waals surface area contributed by atoms with Crippen molar-refractivity contribution in [3.63, 3.8) is 0 Å². The molecule has 0 radical (unpaired) electrons. The molecule has 5 atom stereocenters. The van der Waals surface area contributed by atoms with Crippen molar-refractivity contribution in [2.24, 2.45) is 17.8 Å². The van der Waals surface area contributed by atoms with Gasteiger partial charge in [0.1, 0.15) is 19.3 Å². The van der Waals surface area contributed by atoms with Crippen molar-refractivity contribution in [3.05, 3.63) is 0 Å². The second-order valence-electron chi connectivity index (χ2n) is 31.3. The van der Waals surface area contributed by atoms with Crippen LogP contribution < -0.4 is 0 Å². The zero-order valence-electron chi connectivity index (χ0n) is 67.1. The summed E-state index contributed by atoms with van der Waals surface area (Å²) in [6.07, 6.45) is 62.3. The fourth-order valence-corrected chi connectivity index (χ4v) is 14.4. The smallest absolute Gasteiger partial charge is 0.462 e. The van der Waals surface area contributed by atoms with Crippen LogP contribution in [0.4, 0.5) is 0 Å². The molecule has 0 aliphatic carbocycles. The standard InChI is InChI=1S/C83H162O17P2/c1-8-9-10-11-12-13-36-43-50-57-64-80(85)93-70-78(99-83(88)67-60-53-46-39-32-26-20-23-29-35-42-49-56-63-76(6)7)72-97-101(89,90)95-68-77(84)69-96-102(91,92)98-73-79(100-82(87)66-59-52-45-38-31-25-19-15-17-22-28-34-41-48-55-62-75(4)5)71-94-81(86)65-58-51-44-37-30-24-18-14-16-21-27-33-40-47-54-61-74(2)3/h74-79,84H,8-73H2,1-7H3,(H,89,90)(H,91,92)/t77-,78+,79+/m0/s1. The molecule has 2 unspecified atom stereocenters. The summed E-state index contributed by atoms with van der Waals surface area (Å²) in [7, 11) is -9.92. The van der Waals surface area contributed by atoms with Gasteiger partial charge >= 0.3 is 39.5 Å². The topological polar surface area (TPSA) is 237 Å². The normalized spacial score (nSPS) is 13.9. The lowest BCUT2D eigenvalue weighted by Crippen LogP contribution is -2.30. The molecule has 19 heteroatoms. The third-order valence-corrected chi connectivity index (χ3v) is 21.3. The Labute approximate surface area is 626 Å². The maximum absolute atomic E-state index is 13.1. The maximum Gasteiger partial charge on any atom is 0.472 e. The monoisotopic (exact) mass is 1490 g/mol. The molecule has 0 aromatic carbocycles. The average Bonchev–Trinajstić information content (AvgIpc) is 0.930. The molecular formula is C83H162O17P2. The first kappa shape index (κ1) is 100. The highest BCUT2D eigenvalue weighted by molar-refractivity contribution is 7.47. The molecule has 0 saturated heterocycles. The summed E-state index contributed by atoms with van der Waals surface area (Å²) < 4.78 is 68.8. The molecule has 0 heterocycles. The molecule has 0 aromatic rings. The van der Waals surface area contributed by atoms with Gasteiger partial charge in [0.2, 0.25) is 0 Å². The van der Waals surface area contributed by atoms with Crippen LogP contribution >= 0.6 is 15.6 Å². The number of rotatable bonds is 81. The fraction of sp³-hybridized carbons (Fsp3) is 0.952. The summed E-state index contributed by atoms with van der Waals surface area (Å²) in [6.45, 7) is 12.0. The van der Waals surface area contributed by atoms with Gasteiger partial charge in [-0.2, -0.15) is 0 Å². The van der Waals surface area contributed by atoms with E-state index < -0.39 is 97.5 Å². The van der Waals surface area contributed by atoms with Crippen molar-refractivity contribution in [3.8, 4) is 0 Å². The molecule has 0 rings (SSSR count). The molecule has 0 spiro atoms. The molecule has 0 aliphatic heterocycles. The van der Waals surface area contributed by atoms with Crippen LogP contribution in [0.2, 0.25) is 0 Å². The number of unbranched alkanes of at least 4 members (excludes halogenated alkanes) is 49. The molecule has 0 fully saturated rings. The Morgan fingerprint density at radius 2 is 0.451 bits per heavy atom. The molecule has 0 aliphatic rings. The molecule has 0 aromatic heterocycles. The van der Waals surface area contributed by atoms with Crippen LogP contribution in [0, 0.1) is 17.8 Å². The predicted molar refractivity (Wildman–Crippen MR) is 418 cm³/mol. The molecule has 0 bridgehead atoms. The van der Waals surface area contributed by atoms with Gasteiger partial charge in [-0.05, 0) is 43.4 Å². The summed E-state index contributed by atoms with van der Waals surface area (Å²) in [6, 6.07) is 0. The minimum Gasteiger partial charge on any atom is -0.462 e. The van der Waals surface area contributed by atoms with Crippen molar-refractivity contribution in [2.75, 3.05) is 39.6 Å². The Balaban J connectivity index is 5.24. The van der Waals surface area contributed by atoms with Gasteiger partial charge in [0, 0.05) is 25.7 Å². The van der Waals surface area contributed by atoms with Gasteiger partial charge in [-0.15, -0.1) is 0 Å². The highest BCUT2D eigenvalue weighted by atomic mass is 31.2. The molecule has 3 N–H and O–H groups in total. The van der Waals surface area contributed by atoms with Gasteiger partial charge in [0.05, 0.1) is 26.4 Å². The maximum atomic E-state index is 13.1. The third kappa shape index (κ3) is 76.3. The number of aliphatic hydroxyl groups is 1. The molecular weight excluding hydrogens is 1330 g/mol. The van der Waals surface area contributed by atoms with E-state index in [1.54, 1.807) is 0 Å². The summed E-state index contributed by atoms with van der Waals surface area (Å²) in [5.41, 5.74) is 0. The first-order valence-corrected chi connectivity index (χ1v) is 45.8. The Morgan fingerprint density at radius 1 is 0.265 bits per heavy atom. The van der Waals surface area contributed by atoms with Crippen molar-refractivity contribution in [2.45, 2.75) is 452 Å². The van der Waals surface area contributed by atoms with E-state index in [1.807, 2.05) is 0 Å². The van der Waals surface area contributed by atoms with E-state index in [1.165, 1.54) is 244 Å². The van der Waals surface area contributed by atoms with E-state index in [9.17, 15) is 43.2 Å². The van der Waals surface area contributed by atoms with E-state index in [-0.39, 0.29) is 25.7 Å². The van der Waals surface area contributed by atoms with Crippen LogP contribution in [0.25, 0.3) is 0 Å². The third-order valence-electron chi connectivity index (χ3n) is 19.4. The number of aliphatic hydroxyl groups excluding tert-OH is 1. The lowest BCUT2D eigenvalue weighted by atomic mass is 10.0. The first-order chi connectivity index (χ1) is 49.2. The molecule has 0 saturated carbocycles. The number of phosphoric ester groups is 2. The Hall–Kier alpha value is -1.94. The van der Waals surface area contributed by atoms with Crippen LogP contribution in [0.3, 0.4) is 0 Å². The van der Waals surface area contributed by atoms with Gasteiger partial charge in [0.15, 0.2) is 12.2 Å².